The molecule has 5 heteroatoms. The predicted molar refractivity (Wildman–Crippen MR) is 99.0 cm³/mol. The van der Waals surface area contributed by atoms with Gasteiger partial charge in [0.2, 0.25) is 0 Å². The van der Waals surface area contributed by atoms with Crippen molar-refractivity contribution < 1.29 is 0 Å². The quantitative estimate of drug-likeness (QED) is 0.503. The molecule has 0 atom stereocenters. The van der Waals surface area contributed by atoms with Crippen molar-refractivity contribution in [2.45, 2.75) is 40.0 Å². The number of hydrogen-bond donors (Lipinski definition) is 0. The molecule has 0 radical (unpaired) electrons. The first-order valence-corrected chi connectivity index (χ1v) is 8.30. The van der Waals surface area contributed by atoms with Crippen molar-refractivity contribution in [3.63, 3.8) is 0 Å². The summed E-state index contributed by atoms with van der Waals surface area (Å²) in [6, 6.07) is 9.86. The van der Waals surface area contributed by atoms with Crippen LogP contribution in [-0.4, -0.2) is 9.38 Å². The van der Waals surface area contributed by atoms with Gasteiger partial charge in [0.1, 0.15) is 5.65 Å². The normalized spacial score (nSPS) is 12.4. The van der Waals surface area contributed by atoms with Gasteiger partial charge in [0.05, 0.1) is 16.4 Å². The molecule has 2 heterocycles. The maximum Gasteiger partial charge on any atom is 0.183 e. The summed E-state index contributed by atoms with van der Waals surface area (Å²) >= 11 is 6.15. The minimum Gasteiger partial charge on any atom is -0.281 e. The number of hydrogen-bond acceptors (Lipinski definition) is 3. The molecule has 0 fully saturated rings. The number of fused-ring (bicyclic) bond motifs is 1. The van der Waals surface area contributed by atoms with Crippen molar-refractivity contribution in [3.05, 3.63) is 58.4 Å². The molecule has 0 aliphatic rings. The van der Waals surface area contributed by atoms with Gasteiger partial charge in [-0.05, 0) is 37.6 Å². The van der Waals surface area contributed by atoms with Crippen LogP contribution in [0.2, 0.25) is 5.02 Å². The van der Waals surface area contributed by atoms with E-state index in [1.165, 1.54) is 5.56 Å². The summed E-state index contributed by atoms with van der Waals surface area (Å²) in [4.78, 5) is 4.72. The van der Waals surface area contributed by atoms with E-state index in [0.717, 1.165) is 28.4 Å². The number of aromatic nitrogens is 2. The summed E-state index contributed by atoms with van der Waals surface area (Å²) in [7, 11) is 0. The molecule has 0 aliphatic heterocycles. The van der Waals surface area contributed by atoms with Crippen LogP contribution in [0.4, 0.5) is 11.5 Å². The summed E-state index contributed by atoms with van der Waals surface area (Å²) in [5.74, 6) is 0.722. The first-order valence-electron chi connectivity index (χ1n) is 7.93. The summed E-state index contributed by atoms with van der Waals surface area (Å²) in [6.07, 6.45) is 1.83. The highest BCUT2D eigenvalue weighted by Crippen LogP contribution is 2.34. The van der Waals surface area contributed by atoms with Crippen molar-refractivity contribution in [2.24, 2.45) is 10.2 Å². The highest BCUT2D eigenvalue weighted by Gasteiger charge is 2.24. The fourth-order valence-corrected chi connectivity index (χ4v) is 2.78. The Kier molecular flexibility index (Phi) is 4.18. The molecule has 0 saturated heterocycles. The van der Waals surface area contributed by atoms with Crippen LogP contribution in [0.3, 0.4) is 0 Å². The van der Waals surface area contributed by atoms with Gasteiger partial charge in [-0.2, -0.15) is 0 Å². The lowest BCUT2D eigenvalue weighted by molar-refractivity contribution is 0.574. The molecule has 4 nitrogen and oxygen atoms in total. The molecular weight excluding hydrogens is 320 g/mol. The monoisotopic (exact) mass is 340 g/mol. The van der Waals surface area contributed by atoms with Crippen LogP contribution in [-0.2, 0) is 5.41 Å². The molecule has 0 amide bonds. The first kappa shape index (κ1) is 16.7. The Bertz CT molecular complexity index is 932. The Morgan fingerprint density at radius 1 is 1.04 bits per heavy atom. The van der Waals surface area contributed by atoms with Gasteiger partial charge in [-0.3, -0.25) is 4.40 Å². The van der Waals surface area contributed by atoms with Crippen molar-refractivity contribution in [3.8, 4) is 0 Å². The lowest BCUT2D eigenvalue weighted by Gasteiger charge is -2.15. The second kappa shape index (κ2) is 6.02. The van der Waals surface area contributed by atoms with Gasteiger partial charge >= 0.3 is 0 Å². The molecular formula is C19H21ClN4. The molecule has 3 rings (SSSR count). The molecule has 0 saturated carbocycles. The third-order valence-corrected chi connectivity index (χ3v) is 4.10. The predicted octanol–water partition coefficient (Wildman–Crippen LogP) is 6.32. The highest BCUT2D eigenvalue weighted by molar-refractivity contribution is 6.30. The fourth-order valence-electron chi connectivity index (χ4n) is 2.62. The van der Waals surface area contributed by atoms with Gasteiger partial charge in [0.25, 0.3) is 0 Å². The van der Waals surface area contributed by atoms with Crippen LogP contribution in [0.15, 0.2) is 46.8 Å². The maximum absolute atomic E-state index is 6.15. The molecule has 0 aliphatic carbocycles. The largest absolute Gasteiger partial charge is 0.281 e. The molecule has 0 bridgehead atoms. The van der Waals surface area contributed by atoms with Crippen LogP contribution < -0.4 is 0 Å². The number of nitrogens with zero attached hydrogens (tertiary/aromatic N) is 4. The van der Waals surface area contributed by atoms with Crippen molar-refractivity contribution in [1.82, 2.24) is 9.38 Å². The van der Waals surface area contributed by atoms with E-state index in [-0.39, 0.29) is 5.41 Å². The topological polar surface area (TPSA) is 42.0 Å². The zero-order valence-corrected chi connectivity index (χ0v) is 15.4. The number of aryl methyl sites for hydroxylation is 2. The average molecular weight is 341 g/mol. The number of rotatable bonds is 2. The molecule has 24 heavy (non-hydrogen) atoms. The van der Waals surface area contributed by atoms with E-state index in [1.807, 2.05) is 41.8 Å². The third kappa shape index (κ3) is 3.20. The number of halogens is 1. The summed E-state index contributed by atoms with van der Waals surface area (Å²) < 4.78 is 1.90. The Morgan fingerprint density at radius 3 is 2.46 bits per heavy atom. The minimum absolute atomic E-state index is 0.144. The third-order valence-electron chi connectivity index (χ3n) is 3.87. The molecule has 1 aromatic carbocycles. The number of imidazole rings is 1. The van der Waals surface area contributed by atoms with E-state index in [4.69, 9.17) is 16.6 Å². The average Bonchev–Trinajstić information content (AvgIpc) is 2.84. The molecule has 2 aromatic heterocycles. The standard InChI is InChI=1S/C19H21ClN4/c1-12-6-8-15(13(2)10-12)22-23-18-17(19(3,4)5)21-16-9-7-14(20)11-24(16)18/h6-11H,1-5H3. The van der Waals surface area contributed by atoms with Gasteiger partial charge in [0.15, 0.2) is 5.82 Å². The Balaban J connectivity index is 2.16. The van der Waals surface area contributed by atoms with Gasteiger partial charge in [-0.1, -0.05) is 50.1 Å². The molecule has 3 aromatic rings. The van der Waals surface area contributed by atoms with Crippen LogP contribution in [0.5, 0.6) is 0 Å². The lowest BCUT2D eigenvalue weighted by Crippen LogP contribution is -2.11. The lowest BCUT2D eigenvalue weighted by atomic mass is 9.92. The molecule has 0 unspecified atom stereocenters. The number of benzene rings is 1. The smallest absolute Gasteiger partial charge is 0.183 e. The molecule has 0 spiro atoms. The van der Waals surface area contributed by atoms with E-state index in [2.05, 4.69) is 44.0 Å². The van der Waals surface area contributed by atoms with Crippen LogP contribution in [0, 0.1) is 13.8 Å². The van der Waals surface area contributed by atoms with Gasteiger partial charge in [0, 0.05) is 11.6 Å². The summed E-state index contributed by atoms with van der Waals surface area (Å²) in [5, 5.41) is 9.64. The zero-order valence-electron chi connectivity index (χ0n) is 14.6. The Hall–Kier alpha value is -2.20. The van der Waals surface area contributed by atoms with E-state index < -0.39 is 0 Å². The summed E-state index contributed by atoms with van der Waals surface area (Å²) in [5.41, 5.74) is 4.75. The Labute approximate surface area is 147 Å². The Morgan fingerprint density at radius 2 is 1.79 bits per heavy atom. The minimum atomic E-state index is -0.144. The highest BCUT2D eigenvalue weighted by atomic mass is 35.5. The SMILES string of the molecule is Cc1ccc(N=Nc2c(C(C)(C)C)nc3ccc(Cl)cn23)c(C)c1. The van der Waals surface area contributed by atoms with Crippen LogP contribution >= 0.6 is 11.6 Å². The number of pyridine rings is 1. The van der Waals surface area contributed by atoms with Gasteiger partial charge in [-0.15, -0.1) is 10.2 Å². The zero-order chi connectivity index (χ0) is 17.5. The van der Waals surface area contributed by atoms with E-state index in [9.17, 15) is 0 Å². The van der Waals surface area contributed by atoms with Crippen molar-refractivity contribution in [1.29, 1.82) is 0 Å². The first-order chi connectivity index (χ1) is 11.3. The second-order valence-electron chi connectivity index (χ2n) is 7.10. The van der Waals surface area contributed by atoms with Gasteiger partial charge < -0.3 is 0 Å². The molecule has 0 N–H and O–H groups in total. The maximum atomic E-state index is 6.15. The molecule has 124 valence electrons. The van der Waals surface area contributed by atoms with Crippen LogP contribution in [0.25, 0.3) is 5.65 Å². The van der Waals surface area contributed by atoms with Crippen molar-refractivity contribution >= 4 is 28.8 Å². The second-order valence-corrected chi connectivity index (χ2v) is 7.54. The summed E-state index contributed by atoms with van der Waals surface area (Å²) in [6.45, 7) is 10.5. The van der Waals surface area contributed by atoms with Crippen LogP contribution in [0.1, 0.15) is 37.6 Å². The van der Waals surface area contributed by atoms with Crippen molar-refractivity contribution in [2.75, 3.05) is 0 Å². The van der Waals surface area contributed by atoms with E-state index in [0.29, 0.717) is 5.02 Å². The number of azo groups is 1. The fraction of sp³-hybridized carbons (Fsp3) is 0.316. The van der Waals surface area contributed by atoms with E-state index in [1.54, 1.807) is 0 Å². The van der Waals surface area contributed by atoms with Gasteiger partial charge in [-0.25, -0.2) is 4.98 Å². The van der Waals surface area contributed by atoms with E-state index >= 15 is 0 Å².